The number of hydrogen-bond donors (Lipinski definition) is 2. The van der Waals surface area contributed by atoms with Gasteiger partial charge in [-0.2, -0.15) is 0 Å². The number of hydrogen-bond acceptors (Lipinski definition) is 2. The summed E-state index contributed by atoms with van der Waals surface area (Å²) in [6, 6.07) is 0. The van der Waals surface area contributed by atoms with Gasteiger partial charge in [0.1, 0.15) is 0 Å². The first-order valence-electron chi connectivity index (χ1n) is 12.9. The van der Waals surface area contributed by atoms with Crippen molar-refractivity contribution in [2.24, 2.45) is 0 Å². The van der Waals surface area contributed by atoms with Crippen molar-refractivity contribution in [3.05, 3.63) is 0 Å². The fourth-order valence-electron chi connectivity index (χ4n) is 6.57. The van der Waals surface area contributed by atoms with E-state index in [9.17, 15) is 9.59 Å². The van der Waals surface area contributed by atoms with Crippen molar-refractivity contribution in [1.82, 2.24) is 10.6 Å². The monoisotopic (exact) mass is 410 g/mol. The summed E-state index contributed by atoms with van der Waals surface area (Å²) in [5.41, 5.74) is -0.0831. The highest BCUT2D eigenvalue weighted by molar-refractivity contribution is 6.75. The van der Waals surface area contributed by atoms with E-state index in [-0.39, 0.29) is 22.7 Å². The third-order valence-electron chi connectivity index (χ3n) is 8.13. The second kappa shape index (κ2) is 10.1. The van der Waals surface area contributed by atoms with Crippen LogP contribution in [-0.2, 0) is 0 Å². The maximum atomic E-state index is 12.6. The minimum absolute atomic E-state index is 0.0410. The van der Waals surface area contributed by atoms with Gasteiger partial charge in [0.15, 0.2) is 11.6 Å². The van der Waals surface area contributed by atoms with Gasteiger partial charge < -0.3 is 10.6 Å². The predicted molar refractivity (Wildman–Crippen MR) is 125 cm³/mol. The number of amides is 2. The zero-order chi connectivity index (χ0) is 20.9. The molecule has 2 radical (unpaired) electrons. The quantitative estimate of drug-likeness (QED) is 0.532. The molecule has 4 nitrogen and oxygen atoms in total. The molecule has 30 heavy (non-hydrogen) atoms. The van der Waals surface area contributed by atoms with Crippen LogP contribution in [0, 0.1) is 0 Å². The Morgan fingerprint density at radius 1 is 0.533 bits per heavy atom. The van der Waals surface area contributed by atoms with E-state index in [2.05, 4.69) is 10.6 Å². The number of rotatable bonds is 6. The normalized spacial score (nSPS) is 33.2. The van der Waals surface area contributed by atoms with E-state index >= 15 is 0 Å². The van der Waals surface area contributed by atoms with E-state index < -0.39 is 0 Å². The number of carbonyl (C=O) groups excluding carboxylic acids is 2. The molecule has 5 fully saturated rings. The highest BCUT2D eigenvalue weighted by Gasteiger charge is 2.69. The van der Waals surface area contributed by atoms with Gasteiger partial charge >= 0.3 is 0 Å². The van der Waals surface area contributed by atoms with Gasteiger partial charge in [-0.25, -0.2) is 0 Å². The maximum absolute atomic E-state index is 12.6. The van der Waals surface area contributed by atoms with Crippen molar-refractivity contribution in [3.8, 4) is 0 Å². The first-order chi connectivity index (χ1) is 14.6. The molecule has 5 aliphatic carbocycles. The molecule has 0 aromatic carbocycles. The van der Waals surface area contributed by atoms with Crippen molar-refractivity contribution in [3.63, 3.8) is 0 Å². The molecule has 0 heterocycles. The Bertz CT molecular complexity index is 574. The van der Waals surface area contributed by atoms with Crippen molar-refractivity contribution < 1.29 is 9.59 Å². The van der Waals surface area contributed by atoms with Crippen LogP contribution in [0.25, 0.3) is 0 Å². The van der Waals surface area contributed by atoms with E-state index in [0.29, 0.717) is 11.6 Å². The van der Waals surface area contributed by atoms with Gasteiger partial charge in [-0.15, -0.1) is 0 Å². The highest BCUT2D eigenvalue weighted by Crippen LogP contribution is 2.60. The smallest absolute Gasteiger partial charge is 0.236 e. The lowest BCUT2D eigenvalue weighted by Crippen LogP contribution is -2.84. The SMILES string of the molecule is O=C([B]C1CCCCCCCC1)NC12CC(NC(=O)[B]C3CCCCCCC3)(C1)C2. The molecule has 0 atom stereocenters. The topological polar surface area (TPSA) is 58.2 Å². The fourth-order valence-corrected chi connectivity index (χ4v) is 6.57. The molecule has 2 N–H and O–H groups in total. The first-order valence-corrected chi connectivity index (χ1v) is 12.9. The zero-order valence-corrected chi connectivity index (χ0v) is 18.9. The Morgan fingerprint density at radius 2 is 0.833 bits per heavy atom. The van der Waals surface area contributed by atoms with Crippen molar-refractivity contribution >= 4 is 26.2 Å². The van der Waals surface area contributed by atoms with Crippen LogP contribution in [0.2, 0.25) is 11.6 Å². The Kier molecular flexibility index (Phi) is 7.52. The Balaban J connectivity index is 1.15. The lowest BCUT2D eigenvalue weighted by molar-refractivity contribution is -0.0842. The Hall–Kier alpha value is -0.930. The van der Waals surface area contributed by atoms with Gasteiger partial charge in [0.25, 0.3) is 0 Å². The minimum atomic E-state index is -0.0421. The van der Waals surface area contributed by atoms with Gasteiger partial charge in [-0.3, -0.25) is 9.59 Å². The molecule has 0 aromatic rings. The highest BCUT2D eigenvalue weighted by atomic mass is 16.1. The molecule has 2 amide bonds. The number of carbonyl (C=O) groups is 2. The van der Waals surface area contributed by atoms with E-state index in [1.54, 1.807) is 0 Å². The van der Waals surface area contributed by atoms with Gasteiger partial charge in [-0.1, -0.05) is 108 Å². The largest absolute Gasteiger partial charge is 0.360 e. The van der Waals surface area contributed by atoms with Crippen LogP contribution in [0.5, 0.6) is 0 Å². The van der Waals surface area contributed by atoms with Crippen LogP contribution in [0.4, 0.5) is 9.59 Å². The van der Waals surface area contributed by atoms with E-state index in [4.69, 9.17) is 0 Å². The summed E-state index contributed by atoms with van der Waals surface area (Å²) in [6.45, 7) is 0. The number of nitrogens with one attached hydrogen (secondary N) is 2. The van der Waals surface area contributed by atoms with Crippen LogP contribution in [0.3, 0.4) is 0 Å². The van der Waals surface area contributed by atoms with Crippen LogP contribution in [0.15, 0.2) is 0 Å². The van der Waals surface area contributed by atoms with Crippen molar-refractivity contribution in [1.29, 1.82) is 0 Å². The summed E-state index contributed by atoms with van der Waals surface area (Å²) >= 11 is 0. The summed E-state index contributed by atoms with van der Waals surface area (Å²) in [6.07, 6.45) is 21.7. The predicted octanol–water partition coefficient (Wildman–Crippen LogP) is 5.94. The van der Waals surface area contributed by atoms with Crippen molar-refractivity contribution in [2.75, 3.05) is 0 Å². The molecule has 0 unspecified atom stereocenters. The summed E-state index contributed by atoms with van der Waals surface area (Å²) in [5.74, 6) is 1.15. The van der Waals surface area contributed by atoms with Crippen molar-refractivity contribution in [2.45, 2.75) is 138 Å². The second-order valence-corrected chi connectivity index (χ2v) is 11.0. The average molecular weight is 410 g/mol. The summed E-state index contributed by atoms with van der Waals surface area (Å²) in [4.78, 5) is 25.2. The zero-order valence-electron chi connectivity index (χ0n) is 18.9. The molecule has 164 valence electrons. The third kappa shape index (κ3) is 5.85. The molecule has 6 heteroatoms. The molecule has 0 aromatic heterocycles. The fraction of sp³-hybridized carbons (Fsp3) is 0.917. The average Bonchev–Trinajstić information content (AvgIpc) is 2.75. The lowest BCUT2D eigenvalue weighted by Gasteiger charge is -2.70. The molecule has 0 saturated heterocycles. The Labute approximate surface area is 185 Å². The first kappa shape index (κ1) is 22.3. The van der Waals surface area contributed by atoms with E-state index in [1.807, 2.05) is 14.6 Å². The standard InChI is InChI=1S/C24H40B2N2O2/c29-21(25-19-12-8-4-1-2-5-9-13-19)27-23-16-24(17-23,18-23)28-22(30)26-20-14-10-6-3-7-11-15-20/h19-20H,1-18H2,(H,27,29)(H,28,30). The van der Waals surface area contributed by atoms with E-state index in [1.165, 1.54) is 70.6 Å². The molecule has 2 bridgehead atoms. The molecule has 5 saturated carbocycles. The molecule has 5 rings (SSSR count). The van der Waals surface area contributed by atoms with Gasteiger partial charge in [0, 0.05) is 11.1 Å². The molecule has 0 aliphatic heterocycles. The molecule has 5 aliphatic rings. The van der Waals surface area contributed by atoms with E-state index in [0.717, 1.165) is 44.9 Å². The van der Waals surface area contributed by atoms with Crippen LogP contribution in [-0.4, -0.2) is 37.2 Å². The van der Waals surface area contributed by atoms with Crippen LogP contribution >= 0.6 is 0 Å². The van der Waals surface area contributed by atoms with Crippen LogP contribution < -0.4 is 10.6 Å². The molecular formula is C24H40B2N2O2. The summed E-state index contributed by atoms with van der Waals surface area (Å²) < 4.78 is 0. The molecular weight excluding hydrogens is 370 g/mol. The van der Waals surface area contributed by atoms with Gasteiger partial charge in [-0.05, 0) is 19.3 Å². The minimum Gasteiger partial charge on any atom is -0.360 e. The second-order valence-electron chi connectivity index (χ2n) is 11.0. The molecule has 0 spiro atoms. The van der Waals surface area contributed by atoms with Gasteiger partial charge in [0.05, 0.1) is 0 Å². The van der Waals surface area contributed by atoms with Crippen LogP contribution in [0.1, 0.15) is 116 Å². The summed E-state index contributed by atoms with van der Waals surface area (Å²) in [7, 11) is 3.93. The van der Waals surface area contributed by atoms with Gasteiger partial charge in [0.2, 0.25) is 14.6 Å². The summed E-state index contributed by atoms with van der Waals surface area (Å²) in [5, 5.41) is 6.58. The third-order valence-corrected chi connectivity index (χ3v) is 8.13. The Morgan fingerprint density at radius 3 is 1.17 bits per heavy atom. The lowest BCUT2D eigenvalue weighted by atomic mass is 9.43. The maximum Gasteiger partial charge on any atom is 0.236 e.